The van der Waals surface area contributed by atoms with Crippen LogP contribution >= 0.6 is 0 Å². The quantitative estimate of drug-likeness (QED) is 0.131. The van der Waals surface area contributed by atoms with Gasteiger partial charge in [-0.05, 0) is 25.0 Å². The Morgan fingerprint density at radius 2 is 1.03 bits per heavy atom. The van der Waals surface area contributed by atoms with Gasteiger partial charge in [0.2, 0.25) is 23.6 Å². The third-order valence-corrected chi connectivity index (χ3v) is 5.47. The lowest BCUT2D eigenvalue weighted by atomic mass is 10.2. The molecule has 38 heavy (non-hydrogen) atoms. The highest BCUT2D eigenvalue weighted by Gasteiger charge is 2.13. The molecule has 4 amide bonds. The Hall–Kier alpha value is -3.94. The van der Waals surface area contributed by atoms with Crippen molar-refractivity contribution < 1.29 is 19.2 Å². The number of amides is 4. The van der Waals surface area contributed by atoms with Gasteiger partial charge in [0, 0.05) is 65.7 Å². The third-order valence-electron chi connectivity index (χ3n) is 5.47. The number of hydrogen-bond donors (Lipinski definition) is 0. The minimum atomic E-state index is -0.204. The summed E-state index contributed by atoms with van der Waals surface area (Å²) in [4.78, 5) is 55.4. The van der Waals surface area contributed by atoms with Crippen molar-refractivity contribution in [2.45, 2.75) is 26.2 Å². The maximum absolute atomic E-state index is 12.7. The van der Waals surface area contributed by atoms with Crippen LogP contribution in [0.1, 0.15) is 26.2 Å². The normalized spacial score (nSPS) is 10.6. The first-order valence-electron chi connectivity index (χ1n) is 12.7. The summed E-state index contributed by atoms with van der Waals surface area (Å²) in [6.07, 6.45) is 16.1. The van der Waals surface area contributed by atoms with Crippen LogP contribution in [-0.4, -0.2) is 95.6 Å². The second-order valence-electron chi connectivity index (χ2n) is 8.44. The lowest BCUT2D eigenvalue weighted by Crippen LogP contribution is -2.33. The largest absolute Gasteiger partial charge is 0.336 e. The number of nitrogens with zero attached hydrogens (tertiary/aromatic N) is 4. The molecular weight excluding hydrogens is 480 g/mol. The fourth-order valence-corrected chi connectivity index (χ4v) is 3.45. The van der Waals surface area contributed by atoms with Gasteiger partial charge in [-0.2, -0.15) is 0 Å². The minimum absolute atomic E-state index is 0.0497. The van der Waals surface area contributed by atoms with Crippen LogP contribution in [0.25, 0.3) is 0 Å². The molecule has 0 aromatic heterocycles. The van der Waals surface area contributed by atoms with E-state index in [0.29, 0.717) is 58.8 Å². The Morgan fingerprint density at radius 1 is 0.579 bits per heavy atom. The van der Waals surface area contributed by atoms with Crippen molar-refractivity contribution in [1.82, 2.24) is 19.6 Å². The molecule has 0 aliphatic heterocycles. The second kappa shape index (κ2) is 21.2. The van der Waals surface area contributed by atoms with E-state index in [0.717, 1.165) is 6.42 Å². The molecule has 0 aliphatic rings. The Kier molecular flexibility index (Phi) is 19.0. The van der Waals surface area contributed by atoms with Crippen LogP contribution in [0.15, 0.2) is 87.6 Å². The van der Waals surface area contributed by atoms with E-state index in [1.54, 1.807) is 50.0 Å². The van der Waals surface area contributed by atoms with Crippen LogP contribution in [-0.2, 0) is 19.2 Å². The molecule has 0 N–H and O–H groups in total. The maximum atomic E-state index is 12.7. The van der Waals surface area contributed by atoms with Crippen LogP contribution in [0.3, 0.4) is 0 Å². The topological polar surface area (TPSA) is 81.2 Å². The van der Waals surface area contributed by atoms with E-state index >= 15 is 0 Å². The highest BCUT2D eigenvalue weighted by Crippen LogP contribution is 2.03. The summed E-state index contributed by atoms with van der Waals surface area (Å²) >= 11 is 0. The minimum Gasteiger partial charge on any atom is -0.336 e. The Balaban J connectivity index is 4.84. The van der Waals surface area contributed by atoms with Crippen LogP contribution in [0, 0.1) is 0 Å². The smallest absolute Gasteiger partial charge is 0.246 e. The molecule has 0 radical (unpaired) electrons. The zero-order valence-electron chi connectivity index (χ0n) is 22.9. The summed E-state index contributed by atoms with van der Waals surface area (Å²) < 4.78 is 0. The summed E-state index contributed by atoms with van der Waals surface area (Å²) in [5, 5.41) is 0. The highest BCUT2D eigenvalue weighted by molar-refractivity contribution is 5.89. The van der Waals surface area contributed by atoms with E-state index in [-0.39, 0.29) is 30.0 Å². The standard InChI is InChI=1S/C30H44N4O4/c1-7-19-31(27(6)35)23-12-13-25-33(21-9-3)29(37)17-16-18-30(38)34(22-10-4)26-15-14-24-32(20-8-2)28(36)11-5/h7-13,16,18H,1-5,14-15,17,19-26H2,6H3/b13-12+,18-16+. The zero-order chi connectivity index (χ0) is 28.8. The fraction of sp³-hybridized carbons (Fsp3) is 0.400. The van der Waals surface area contributed by atoms with E-state index in [9.17, 15) is 19.2 Å². The van der Waals surface area contributed by atoms with Crippen LogP contribution in [0.5, 0.6) is 0 Å². The van der Waals surface area contributed by atoms with Crippen molar-refractivity contribution in [3.8, 4) is 0 Å². The van der Waals surface area contributed by atoms with Gasteiger partial charge in [-0.1, -0.05) is 49.1 Å². The first-order chi connectivity index (χ1) is 18.2. The molecule has 0 aromatic carbocycles. The number of carbonyl (C=O) groups excluding carboxylic acids is 4. The van der Waals surface area contributed by atoms with Crippen LogP contribution in [0.2, 0.25) is 0 Å². The second-order valence-corrected chi connectivity index (χ2v) is 8.44. The van der Waals surface area contributed by atoms with E-state index in [4.69, 9.17) is 0 Å². The highest BCUT2D eigenvalue weighted by atomic mass is 16.2. The zero-order valence-corrected chi connectivity index (χ0v) is 22.9. The Morgan fingerprint density at radius 3 is 1.50 bits per heavy atom. The molecule has 8 heteroatoms. The molecular formula is C30H44N4O4. The van der Waals surface area contributed by atoms with E-state index < -0.39 is 0 Å². The van der Waals surface area contributed by atoms with Crippen molar-refractivity contribution in [1.29, 1.82) is 0 Å². The summed E-state index contributed by atoms with van der Waals surface area (Å²) in [5.74, 6) is -0.545. The van der Waals surface area contributed by atoms with Gasteiger partial charge in [0.15, 0.2) is 0 Å². The molecule has 0 atom stereocenters. The van der Waals surface area contributed by atoms with Crippen LogP contribution in [0.4, 0.5) is 0 Å². The number of unbranched alkanes of at least 4 members (excludes halogenated alkanes) is 1. The van der Waals surface area contributed by atoms with Crippen molar-refractivity contribution in [2.24, 2.45) is 0 Å². The van der Waals surface area contributed by atoms with Gasteiger partial charge in [0.25, 0.3) is 0 Å². The van der Waals surface area contributed by atoms with Gasteiger partial charge >= 0.3 is 0 Å². The van der Waals surface area contributed by atoms with Crippen molar-refractivity contribution >= 4 is 23.6 Å². The molecule has 0 fully saturated rings. The first kappa shape index (κ1) is 34.1. The molecule has 0 aliphatic carbocycles. The first-order valence-corrected chi connectivity index (χ1v) is 12.7. The van der Waals surface area contributed by atoms with Gasteiger partial charge in [-0.15, -0.1) is 26.3 Å². The van der Waals surface area contributed by atoms with Gasteiger partial charge < -0.3 is 19.6 Å². The molecule has 0 unspecified atom stereocenters. The number of carbonyl (C=O) groups is 4. The molecule has 0 rings (SSSR count). The van der Waals surface area contributed by atoms with E-state index in [1.165, 1.54) is 19.1 Å². The Labute approximate surface area is 228 Å². The van der Waals surface area contributed by atoms with Crippen molar-refractivity contribution in [2.75, 3.05) is 52.4 Å². The van der Waals surface area contributed by atoms with E-state index in [1.807, 2.05) is 12.2 Å². The summed E-state index contributed by atoms with van der Waals surface area (Å²) in [6.45, 7) is 23.3. The average Bonchev–Trinajstić information content (AvgIpc) is 2.89. The average molecular weight is 525 g/mol. The predicted octanol–water partition coefficient (Wildman–Crippen LogP) is 3.53. The van der Waals surface area contributed by atoms with Gasteiger partial charge in [0.1, 0.15) is 0 Å². The van der Waals surface area contributed by atoms with Crippen molar-refractivity contribution in [3.05, 3.63) is 87.6 Å². The van der Waals surface area contributed by atoms with Crippen molar-refractivity contribution in [3.63, 3.8) is 0 Å². The molecule has 0 spiro atoms. The molecule has 0 aromatic rings. The van der Waals surface area contributed by atoms with Gasteiger partial charge in [-0.25, -0.2) is 0 Å². The van der Waals surface area contributed by atoms with Gasteiger partial charge in [0.05, 0.1) is 0 Å². The molecule has 208 valence electrons. The summed E-state index contributed by atoms with van der Waals surface area (Å²) in [7, 11) is 0. The summed E-state index contributed by atoms with van der Waals surface area (Å²) in [6, 6.07) is 0. The fourth-order valence-electron chi connectivity index (χ4n) is 3.45. The lowest BCUT2D eigenvalue weighted by molar-refractivity contribution is -0.129. The lowest BCUT2D eigenvalue weighted by Gasteiger charge is -2.22. The molecule has 0 bridgehead atoms. The van der Waals surface area contributed by atoms with Crippen LogP contribution < -0.4 is 0 Å². The monoisotopic (exact) mass is 524 g/mol. The van der Waals surface area contributed by atoms with E-state index in [2.05, 4.69) is 32.9 Å². The third kappa shape index (κ3) is 14.6. The number of hydrogen-bond acceptors (Lipinski definition) is 4. The summed E-state index contributed by atoms with van der Waals surface area (Å²) in [5.41, 5.74) is 0. The molecule has 0 saturated carbocycles. The SMILES string of the molecule is C=CCN(C/C=C/CN(CC=C)C(=O)C/C=C/C(=O)N(CC=C)CCCCN(CC=C)C(=O)C=C)C(C)=O. The number of rotatable bonds is 21. The molecule has 0 saturated heterocycles. The molecule has 0 heterocycles. The predicted molar refractivity (Wildman–Crippen MR) is 155 cm³/mol. The Bertz CT molecular complexity index is 891. The maximum Gasteiger partial charge on any atom is 0.246 e. The van der Waals surface area contributed by atoms with Gasteiger partial charge in [-0.3, -0.25) is 19.2 Å². The molecule has 8 nitrogen and oxygen atoms in total.